The van der Waals surface area contributed by atoms with E-state index in [4.69, 9.17) is 14.2 Å². The first-order chi connectivity index (χ1) is 13.9. The molecule has 0 fully saturated rings. The average molecular weight is 398 g/mol. The lowest BCUT2D eigenvalue weighted by Gasteiger charge is -2.11. The third-order valence-corrected chi connectivity index (χ3v) is 4.64. The molecular weight excluding hydrogens is 376 g/mol. The van der Waals surface area contributed by atoms with E-state index in [9.17, 15) is 9.59 Å². The Morgan fingerprint density at radius 3 is 2.66 bits per heavy atom. The second kappa shape index (κ2) is 8.68. The van der Waals surface area contributed by atoms with Crippen LogP contribution in [0, 0.1) is 13.8 Å². The van der Waals surface area contributed by atoms with Crippen LogP contribution in [-0.4, -0.2) is 52.2 Å². The number of ether oxygens (including phenoxy) is 3. The summed E-state index contributed by atoms with van der Waals surface area (Å²) >= 11 is 0. The molecule has 0 unspecified atom stereocenters. The number of ketones is 1. The molecule has 3 aromatic rings. The lowest BCUT2D eigenvalue weighted by atomic mass is 10.1. The third kappa shape index (κ3) is 4.34. The van der Waals surface area contributed by atoms with Crippen molar-refractivity contribution in [3.8, 4) is 11.5 Å². The number of hydrogen-bond donors (Lipinski definition) is 0. The number of fused-ring (bicyclic) bond motifs is 1. The fraction of sp³-hybridized carbons (Fsp3) is 0.350. The molecule has 0 aliphatic carbocycles. The molecule has 0 aliphatic rings. The zero-order chi connectivity index (χ0) is 21.0. The van der Waals surface area contributed by atoms with Crippen molar-refractivity contribution in [2.24, 2.45) is 0 Å². The maximum atomic E-state index is 12.4. The molecule has 0 amide bonds. The Kier molecular flexibility index (Phi) is 6.06. The van der Waals surface area contributed by atoms with Crippen LogP contribution in [0.2, 0.25) is 0 Å². The number of carbonyl (C=O) groups excluding carboxylic acids is 2. The Balaban J connectivity index is 1.60. The number of aryl methyl sites for hydroxylation is 2. The van der Waals surface area contributed by atoms with Gasteiger partial charge in [-0.1, -0.05) is 0 Å². The molecule has 0 spiro atoms. The van der Waals surface area contributed by atoms with Gasteiger partial charge in [0.15, 0.2) is 6.61 Å². The molecular formula is C20H22N4O5. The van der Waals surface area contributed by atoms with Gasteiger partial charge >= 0.3 is 5.97 Å². The number of nitrogens with zero attached hydrogens (tertiary/aromatic N) is 4. The van der Waals surface area contributed by atoms with Gasteiger partial charge in [-0.3, -0.25) is 9.59 Å². The molecule has 0 radical (unpaired) electrons. The van der Waals surface area contributed by atoms with Crippen molar-refractivity contribution in [1.29, 1.82) is 0 Å². The maximum absolute atomic E-state index is 12.4. The van der Waals surface area contributed by atoms with Crippen molar-refractivity contribution in [3.63, 3.8) is 0 Å². The van der Waals surface area contributed by atoms with E-state index >= 15 is 0 Å². The van der Waals surface area contributed by atoms with E-state index in [0.29, 0.717) is 29.3 Å². The maximum Gasteiger partial charge on any atom is 0.306 e. The van der Waals surface area contributed by atoms with Crippen molar-refractivity contribution in [2.45, 2.75) is 26.7 Å². The van der Waals surface area contributed by atoms with Gasteiger partial charge in [0.05, 0.1) is 19.8 Å². The van der Waals surface area contributed by atoms with E-state index in [1.54, 1.807) is 22.7 Å². The van der Waals surface area contributed by atoms with Crippen LogP contribution in [0.1, 0.15) is 33.7 Å². The Morgan fingerprint density at radius 1 is 1.14 bits per heavy atom. The molecule has 0 saturated heterocycles. The highest BCUT2D eigenvalue weighted by Crippen LogP contribution is 2.25. The molecule has 3 rings (SSSR count). The van der Waals surface area contributed by atoms with Crippen molar-refractivity contribution >= 4 is 17.5 Å². The summed E-state index contributed by atoms with van der Waals surface area (Å²) in [5.41, 5.74) is 2.89. The molecule has 0 N–H and O–H groups in total. The summed E-state index contributed by atoms with van der Waals surface area (Å²) in [5.74, 6) is 0.632. The topological polar surface area (TPSA) is 105 Å². The van der Waals surface area contributed by atoms with Crippen molar-refractivity contribution < 1.29 is 23.8 Å². The van der Waals surface area contributed by atoms with E-state index in [0.717, 1.165) is 17.0 Å². The Hall–Kier alpha value is -3.49. The highest BCUT2D eigenvalue weighted by Gasteiger charge is 2.17. The van der Waals surface area contributed by atoms with Gasteiger partial charge in [0.2, 0.25) is 5.78 Å². The lowest BCUT2D eigenvalue weighted by molar-refractivity contribution is -0.142. The van der Waals surface area contributed by atoms with Crippen molar-refractivity contribution in [2.75, 3.05) is 20.8 Å². The van der Waals surface area contributed by atoms with Crippen LogP contribution in [0.15, 0.2) is 24.5 Å². The van der Waals surface area contributed by atoms with Gasteiger partial charge in [-0.25, -0.2) is 9.50 Å². The number of benzene rings is 1. The van der Waals surface area contributed by atoms with Gasteiger partial charge in [-0.15, -0.1) is 0 Å². The standard InChI is InChI=1S/C20H22N4O5/c1-12-15(13(2)24-20(23-12)21-11-22-24)7-8-19(26)29-10-17(25)16-6-5-14(27-3)9-18(16)28-4/h5-6,9,11H,7-8,10H2,1-4H3. The first-order valence-corrected chi connectivity index (χ1v) is 9.01. The van der Waals surface area contributed by atoms with Gasteiger partial charge < -0.3 is 14.2 Å². The van der Waals surface area contributed by atoms with E-state index in [1.165, 1.54) is 20.5 Å². The summed E-state index contributed by atoms with van der Waals surface area (Å²) in [5, 5.41) is 4.13. The lowest BCUT2D eigenvalue weighted by Crippen LogP contribution is -2.16. The smallest absolute Gasteiger partial charge is 0.306 e. The molecule has 2 aromatic heterocycles. The van der Waals surface area contributed by atoms with Crippen LogP contribution in [0.3, 0.4) is 0 Å². The SMILES string of the molecule is COc1ccc(C(=O)COC(=O)CCc2c(C)nc3ncnn3c2C)c(OC)c1. The van der Waals surface area contributed by atoms with E-state index in [2.05, 4.69) is 15.1 Å². The molecule has 1 aromatic carbocycles. The monoisotopic (exact) mass is 398 g/mol. The Labute approximate surface area is 167 Å². The summed E-state index contributed by atoms with van der Waals surface area (Å²) in [6, 6.07) is 4.84. The normalized spacial score (nSPS) is 10.8. The van der Waals surface area contributed by atoms with Crippen LogP contribution in [0.25, 0.3) is 5.78 Å². The quantitative estimate of drug-likeness (QED) is 0.420. The molecule has 9 nitrogen and oxygen atoms in total. The molecule has 0 aliphatic heterocycles. The van der Waals surface area contributed by atoms with Crippen molar-refractivity contribution in [1.82, 2.24) is 19.6 Å². The van der Waals surface area contributed by atoms with Crippen LogP contribution in [0.4, 0.5) is 0 Å². The minimum absolute atomic E-state index is 0.122. The van der Waals surface area contributed by atoms with E-state index in [-0.39, 0.29) is 18.8 Å². The molecule has 29 heavy (non-hydrogen) atoms. The molecule has 2 heterocycles. The number of hydrogen-bond acceptors (Lipinski definition) is 8. The zero-order valence-corrected chi connectivity index (χ0v) is 16.8. The molecule has 0 saturated carbocycles. The largest absolute Gasteiger partial charge is 0.497 e. The van der Waals surface area contributed by atoms with Crippen LogP contribution < -0.4 is 9.47 Å². The molecule has 152 valence electrons. The van der Waals surface area contributed by atoms with Gasteiger partial charge in [0, 0.05) is 23.9 Å². The second-order valence-corrected chi connectivity index (χ2v) is 6.38. The zero-order valence-electron chi connectivity index (χ0n) is 16.8. The van der Waals surface area contributed by atoms with E-state index < -0.39 is 5.97 Å². The summed E-state index contributed by atoms with van der Waals surface area (Å²) in [4.78, 5) is 33.0. The van der Waals surface area contributed by atoms with Gasteiger partial charge in [0.1, 0.15) is 17.8 Å². The first kappa shape index (κ1) is 20.2. The number of esters is 1. The number of Topliss-reactive ketones (excluding diaryl/α,β-unsaturated/α-hetero) is 1. The van der Waals surface area contributed by atoms with Gasteiger partial charge in [-0.05, 0) is 38.0 Å². The van der Waals surface area contributed by atoms with Crippen LogP contribution in [-0.2, 0) is 16.0 Å². The second-order valence-electron chi connectivity index (χ2n) is 6.38. The fourth-order valence-corrected chi connectivity index (χ4v) is 3.07. The highest BCUT2D eigenvalue weighted by atomic mass is 16.5. The number of rotatable bonds is 8. The Bertz CT molecular complexity index is 1060. The summed E-state index contributed by atoms with van der Waals surface area (Å²) in [7, 11) is 2.99. The molecule has 0 bridgehead atoms. The fourth-order valence-electron chi connectivity index (χ4n) is 3.07. The average Bonchev–Trinajstić information content (AvgIpc) is 3.19. The summed E-state index contributed by atoms with van der Waals surface area (Å²) < 4.78 is 17.1. The summed E-state index contributed by atoms with van der Waals surface area (Å²) in [6.07, 6.45) is 1.99. The number of aromatic nitrogens is 4. The predicted octanol–water partition coefficient (Wildman–Crippen LogP) is 2.12. The molecule has 9 heteroatoms. The predicted molar refractivity (Wildman–Crippen MR) is 103 cm³/mol. The summed E-state index contributed by atoms with van der Waals surface area (Å²) in [6.45, 7) is 3.40. The third-order valence-electron chi connectivity index (χ3n) is 4.64. The number of methoxy groups -OCH3 is 2. The first-order valence-electron chi connectivity index (χ1n) is 9.01. The van der Waals surface area contributed by atoms with Gasteiger partial charge in [0.25, 0.3) is 5.78 Å². The Morgan fingerprint density at radius 2 is 1.93 bits per heavy atom. The number of carbonyl (C=O) groups is 2. The van der Waals surface area contributed by atoms with E-state index in [1.807, 2.05) is 13.8 Å². The highest BCUT2D eigenvalue weighted by molar-refractivity contribution is 6.00. The van der Waals surface area contributed by atoms with Crippen molar-refractivity contribution in [3.05, 3.63) is 47.0 Å². The molecule has 0 atom stereocenters. The minimum atomic E-state index is -0.469. The van der Waals surface area contributed by atoms with Crippen LogP contribution in [0.5, 0.6) is 11.5 Å². The minimum Gasteiger partial charge on any atom is -0.497 e. The van der Waals surface area contributed by atoms with Gasteiger partial charge in [-0.2, -0.15) is 10.1 Å². The van der Waals surface area contributed by atoms with Crippen LogP contribution >= 0.6 is 0 Å².